The summed E-state index contributed by atoms with van der Waals surface area (Å²) in [7, 11) is 4.00. The van der Waals surface area contributed by atoms with Crippen LogP contribution in [-0.4, -0.2) is 4.92 Å². The third-order valence-corrected chi connectivity index (χ3v) is 7.14. The quantitative estimate of drug-likeness (QED) is 0.0836. The van der Waals surface area contributed by atoms with Crippen molar-refractivity contribution in [1.29, 1.82) is 0 Å². The van der Waals surface area contributed by atoms with E-state index in [0.717, 1.165) is 33.8 Å². The lowest BCUT2D eigenvalue weighted by Gasteiger charge is -2.02. The molecule has 0 amide bonds. The summed E-state index contributed by atoms with van der Waals surface area (Å²) < 4.78 is 8.06. The molecule has 0 aliphatic rings. The van der Waals surface area contributed by atoms with Gasteiger partial charge >= 0.3 is 0 Å². The number of non-ortho nitro benzene ring substituents is 1. The molecule has 0 fully saturated rings. The standard InChI is InChI=1S/C18H17N3O2.C17H16N3.4ClH/c1-14-13-17(21(22)23)3-4-18(14)20-11-7-16(8-12-20)15-5-9-19(2)10-6-15;1-19-10-6-14(7-11-19)15-8-12-20(13-9-15)17-4-2-16(18)3-5-17;;;;/h3-13H,1-2H3;2-13,18H,1H3;4*1H/q+2;+1;;;;/p-3. The molecule has 2 aromatic carbocycles. The van der Waals surface area contributed by atoms with Crippen LogP contribution < -0.4 is 73.6 Å². The van der Waals surface area contributed by atoms with E-state index >= 15 is 0 Å². The summed E-state index contributed by atoms with van der Waals surface area (Å²) in [4.78, 5) is 10.4. The van der Waals surface area contributed by atoms with E-state index < -0.39 is 0 Å². The number of rotatable bonds is 5. The number of anilines is 1. The Morgan fingerprint density at radius 1 is 0.553 bits per heavy atom. The Morgan fingerprint density at radius 3 is 1.32 bits per heavy atom. The largest absolute Gasteiger partial charge is 1.00 e. The van der Waals surface area contributed by atoms with E-state index in [9.17, 15) is 10.1 Å². The lowest BCUT2D eigenvalue weighted by Crippen LogP contribution is -3.00. The van der Waals surface area contributed by atoms with Crippen molar-refractivity contribution in [3.63, 3.8) is 0 Å². The van der Waals surface area contributed by atoms with Crippen molar-refractivity contribution in [3.05, 3.63) is 156 Å². The highest BCUT2D eigenvalue weighted by atomic mass is 35.5. The van der Waals surface area contributed by atoms with E-state index in [4.69, 9.17) is 5.73 Å². The molecule has 12 heteroatoms. The maximum Gasteiger partial charge on any atom is 0.270 e. The minimum absolute atomic E-state index is 0. The minimum atomic E-state index is -0.375. The first-order chi connectivity index (χ1) is 20.8. The number of nitrogens with two attached hydrogens (primary N) is 1. The maximum absolute atomic E-state index is 10.8. The molecule has 6 aromatic rings. The number of halogens is 4. The topological polar surface area (TPSA) is 84.7 Å². The van der Waals surface area contributed by atoms with Gasteiger partial charge in [-0.15, -0.1) is 0 Å². The number of aromatic nitrogens is 4. The molecule has 0 atom stereocenters. The Hall–Kier alpha value is -4.60. The van der Waals surface area contributed by atoms with Crippen molar-refractivity contribution in [1.82, 2.24) is 0 Å². The number of hydrogen-bond acceptors (Lipinski definition) is 3. The van der Waals surface area contributed by atoms with Gasteiger partial charge in [0.15, 0.2) is 49.6 Å². The predicted octanol–water partition coefficient (Wildman–Crippen LogP) is -7.28. The van der Waals surface area contributed by atoms with Crippen LogP contribution in [0.1, 0.15) is 5.56 Å². The van der Waals surface area contributed by atoms with E-state index in [2.05, 4.69) is 65.8 Å². The van der Waals surface area contributed by atoms with E-state index in [0.29, 0.717) is 0 Å². The molecular formula is C35H34Cl4N6O2. The fourth-order valence-electron chi connectivity index (χ4n) is 4.65. The molecular weight excluding hydrogens is 678 g/mol. The molecule has 6 rings (SSSR count). The lowest BCUT2D eigenvalue weighted by molar-refractivity contribution is -0.671. The molecule has 244 valence electrons. The van der Waals surface area contributed by atoms with E-state index in [1.54, 1.807) is 12.1 Å². The fourth-order valence-corrected chi connectivity index (χ4v) is 4.65. The zero-order valence-corrected chi connectivity index (χ0v) is 28.9. The van der Waals surface area contributed by atoms with Gasteiger partial charge in [-0.05, 0) is 41.3 Å². The summed E-state index contributed by atoms with van der Waals surface area (Å²) in [5, 5.41) is 10.8. The van der Waals surface area contributed by atoms with Crippen LogP contribution >= 0.6 is 0 Å². The molecule has 0 bridgehead atoms. The average Bonchev–Trinajstić information content (AvgIpc) is 3.03. The number of aryl methyl sites for hydroxylation is 3. The van der Waals surface area contributed by atoms with Gasteiger partial charge in [0, 0.05) is 90.1 Å². The third kappa shape index (κ3) is 10.5. The first-order valence-electron chi connectivity index (χ1n) is 13.8. The van der Waals surface area contributed by atoms with Crippen LogP contribution in [0.5, 0.6) is 0 Å². The molecule has 2 N–H and O–H groups in total. The Morgan fingerprint density at radius 2 is 0.936 bits per heavy atom. The van der Waals surface area contributed by atoms with E-state index in [-0.39, 0.29) is 60.2 Å². The monoisotopic (exact) mass is 710 g/mol. The predicted molar refractivity (Wildman–Crippen MR) is 165 cm³/mol. The van der Waals surface area contributed by atoms with Crippen molar-refractivity contribution >= 4 is 11.4 Å². The SMILES string of the molecule is C[n+]1ccc(-c2cc[n+](-c3ccc(N)cc3)cc2)cc1.Cc1cc([N+](=O)[O-])ccc1-[n+]1ccc(-c2cc[n+](C)cc2)cc1.[Cl-].[Cl-].[Cl-].[Cl-]. The highest BCUT2D eigenvalue weighted by Crippen LogP contribution is 2.19. The Kier molecular flexibility index (Phi) is 15.9. The number of benzene rings is 2. The Balaban J connectivity index is 0.000000436. The smallest absolute Gasteiger partial charge is 0.270 e. The molecule has 4 heterocycles. The average molecular weight is 713 g/mol. The fraction of sp³-hybridized carbons (Fsp3) is 0.0857. The van der Waals surface area contributed by atoms with E-state index in [1.165, 1.54) is 17.2 Å². The molecule has 0 saturated carbocycles. The van der Waals surface area contributed by atoms with Crippen LogP contribution in [0.2, 0.25) is 0 Å². The van der Waals surface area contributed by atoms with Gasteiger partial charge in [-0.2, -0.15) is 9.13 Å². The molecule has 0 aliphatic carbocycles. The van der Waals surface area contributed by atoms with Crippen molar-refractivity contribution in [2.45, 2.75) is 6.92 Å². The zero-order valence-electron chi connectivity index (χ0n) is 25.9. The lowest BCUT2D eigenvalue weighted by atomic mass is 10.1. The molecule has 0 radical (unpaired) electrons. The second kappa shape index (κ2) is 18.5. The van der Waals surface area contributed by atoms with Crippen molar-refractivity contribution in [2.75, 3.05) is 5.73 Å². The molecule has 4 aromatic heterocycles. The Bertz CT molecular complexity index is 1790. The van der Waals surface area contributed by atoms with Gasteiger partial charge in [0.25, 0.3) is 5.69 Å². The van der Waals surface area contributed by atoms with Gasteiger partial charge in [0.05, 0.1) is 4.92 Å². The number of nitro benzene ring substituents is 1. The summed E-state index contributed by atoms with van der Waals surface area (Å²) in [5.41, 5.74) is 14.2. The first kappa shape index (κ1) is 40.4. The number of nitrogens with zero attached hydrogens (tertiary/aromatic N) is 5. The van der Waals surface area contributed by atoms with Gasteiger partial charge in [0.2, 0.25) is 11.4 Å². The van der Waals surface area contributed by atoms with Crippen molar-refractivity contribution in [2.24, 2.45) is 14.1 Å². The maximum atomic E-state index is 10.8. The van der Waals surface area contributed by atoms with Gasteiger partial charge < -0.3 is 55.4 Å². The third-order valence-electron chi connectivity index (χ3n) is 7.14. The number of hydrogen-bond donors (Lipinski definition) is 1. The highest BCUT2D eigenvalue weighted by Gasteiger charge is 2.15. The van der Waals surface area contributed by atoms with Gasteiger partial charge in [-0.25, -0.2) is 9.13 Å². The minimum Gasteiger partial charge on any atom is -1.00 e. The molecule has 0 spiro atoms. The summed E-state index contributed by atoms with van der Waals surface area (Å²) in [5.74, 6) is 0. The summed E-state index contributed by atoms with van der Waals surface area (Å²) in [6.45, 7) is 1.88. The molecule has 0 aliphatic heterocycles. The summed E-state index contributed by atoms with van der Waals surface area (Å²) in [6, 6.07) is 29.4. The number of nitrogen functional groups attached to an aromatic ring is 1. The molecule has 8 nitrogen and oxygen atoms in total. The molecule has 0 saturated heterocycles. The number of nitro groups is 1. The van der Waals surface area contributed by atoms with Crippen LogP contribution in [0.4, 0.5) is 11.4 Å². The molecule has 0 unspecified atom stereocenters. The molecule has 47 heavy (non-hydrogen) atoms. The first-order valence-corrected chi connectivity index (χ1v) is 13.8. The normalized spacial score (nSPS) is 9.60. The Labute approximate surface area is 299 Å². The van der Waals surface area contributed by atoms with E-state index in [1.807, 2.05) is 95.9 Å². The number of pyridine rings is 4. The van der Waals surface area contributed by atoms with Crippen LogP contribution in [0.15, 0.2) is 141 Å². The van der Waals surface area contributed by atoms with Gasteiger partial charge in [-0.3, -0.25) is 10.1 Å². The second-order valence-electron chi connectivity index (χ2n) is 10.3. The van der Waals surface area contributed by atoms with Crippen molar-refractivity contribution in [3.8, 4) is 33.6 Å². The van der Waals surface area contributed by atoms with Crippen LogP contribution in [0.25, 0.3) is 33.6 Å². The second-order valence-corrected chi connectivity index (χ2v) is 10.3. The zero-order chi connectivity index (χ0) is 30.3. The van der Waals surface area contributed by atoms with Gasteiger partial charge in [0.1, 0.15) is 14.1 Å². The van der Waals surface area contributed by atoms with Gasteiger partial charge in [-0.1, -0.05) is 0 Å². The van der Waals surface area contributed by atoms with Crippen LogP contribution in [0, 0.1) is 17.0 Å². The highest BCUT2D eigenvalue weighted by molar-refractivity contribution is 5.62. The van der Waals surface area contributed by atoms with Crippen LogP contribution in [0.3, 0.4) is 0 Å². The summed E-state index contributed by atoms with van der Waals surface area (Å²) >= 11 is 0. The van der Waals surface area contributed by atoms with Crippen LogP contribution in [-0.2, 0) is 14.1 Å². The van der Waals surface area contributed by atoms with Crippen molar-refractivity contribution < 1.29 is 72.8 Å². The summed E-state index contributed by atoms with van der Waals surface area (Å²) in [6.07, 6.45) is 16.2.